The molecule has 2 aromatic rings. The van der Waals surface area contributed by atoms with Crippen LogP contribution in [0.1, 0.15) is 18.6 Å². The van der Waals surface area contributed by atoms with Gasteiger partial charge in [-0.1, -0.05) is 48.5 Å². The third-order valence-corrected chi connectivity index (χ3v) is 2.91. The van der Waals surface area contributed by atoms with Crippen molar-refractivity contribution in [3.05, 3.63) is 66.2 Å². The normalized spacial score (nSPS) is 13.3. The summed E-state index contributed by atoms with van der Waals surface area (Å²) in [6.45, 7) is 1.73. The van der Waals surface area contributed by atoms with Crippen molar-refractivity contribution in [2.45, 2.75) is 19.1 Å². The first-order valence-corrected chi connectivity index (χ1v) is 6.43. The monoisotopic (exact) mass is 271 g/mol. The van der Waals surface area contributed by atoms with Crippen molar-refractivity contribution in [1.29, 1.82) is 0 Å². The number of rotatable bonds is 4. The van der Waals surface area contributed by atoms with E-state index >= 15 is 0 Å². The summed E-state index contributed by atoms with van der Waals surface area (Å²) in [6, 6.07) is 17.5. The zero-order valence-electron chi connectivity index (χ0n) is 11.2. The maximum absolute atomic E-state index is 11.7. The molecular formula is C16H17NO3. The van der Waals surface area contributed by atoms with Crippen LogP contribution in [0, 0.1) is 0 Å². The van der Waals surface area contributed by atoms with Crippen LogP contribution in [-0.4, -0.2) is 17.2 Å². The molecule has 20 heavy (non-hydrogen) atoms. The molecule has 2 N–H and O–H groups in total. The lowest BCUT2D eigenvalue weighted by molar-refractivity contribution is 0.129. The van der Waals surface area contributed by atoms with Gasteiger partial charge >= 0.3 is 6.09 Å². The number of carbonyl (C=O) groups excluding carboxylic acids is 1. The van der Waals surface area contributed by atoms with E-state index in [2.05, 4.69) is 5.32 Å². The predicted octanol–water partition coefficient (Wildman–Crippen LogP) is 2.90. The Balaban J connectivity index is 1.91. The zero-order chi connectivity index (χ0) is 14.4. The fraction of sp³-hybridized carbons (Fsp3) is 0.188. The second-order valence-electron chi connectivity index (χ2n) is 4.49. The molecular weight excluding hydrogens is 254 g/mol. The zero-order valence-corrected chi connectivity index (χ0v) is 11.2. The topological polar surface area (TPSA) is 58.6 Å². The Morgan fingerprint density at radius 2 is 1.60 bits per heavy atom. The Bertz CT molecular complexity index is 542. The Hall–Kier alpha value is -2.33. The fourth-order valence-corrected chi connectivity index (χ4v) is 1.83. The van der Waals surface area contributed by atoms with Gasteiger partial charge in [0.1, 0.15) is 5.75 Å². The molecule has 2 aromatic carbocycles. The number of amides is 1. The number of para-hydroxylation sites is 1. The minimum absolute atomic E-state index is 0.450. The highest BCUT2D eigenvalue weighted by Crippen LogP contribution is 2.16. The van der Waals surface area contributed by atoms with Crippen molar-refractivity contribution in [2.75, 3.05) is 0 Å². The highest BCUT2D eigenvalue weighted by atomic mass is 16.6. The van der Waals surface area contributed by atoms with Crippen LogP contribution in [0.5, 0.6) is 5.75 Å². The van der Waals surface area contributed by atoms with Gasteiger partial charge in [-0.25, -0.2) is 4.79 Å². The molecule has 0 aromatic heterocycles. The minimum atomic E-state index is -0.778. The molecule has 0 aliphatic rings. The Kier molecular flexibility index (Phi) is 4.74. The van der Waals surface area contributed by atoms with Gasteiger partial charge in [-0.05, 0) is 24.6 Å². The number of benzene rings is 2. The maximum atomic E-state index is 11.7. The van der Waals surface area contributed by atoms with E-state index in [1.54, 1.807) is 31.2 Å². The van der Waals surface area contributed by atoms with E-state index in [0.717, 1.165) is 5.56 Å². The van der Waals surface area contributed by atoms with Gasteiger partial charge in [-0.3, -0.25) is 0 Å². The molecule has 0 spiro atoms. The maximum Gasteiger partial charge on any atom is 0.412 e. The average Bonchev–Trinajstić information content (AvgIpc) is 2.48. The lowest BCUT2D eigenvalue weighted by Gasteiger charge is -2.20. The van der Waals surface area contributed by atoms with E-state index in [0.29, 0.717) is 5.75 Å². The van der Waals surface area contributed by atoms with Crippen molar-refractivity contribution in [2.24, 2.45) is 0 Å². The van der Waals surface area contributed by atoms with E-state index in [9.17, 15) is 9.90 Å². The van der Waals surface area contributed by atoms with E-state index in [1.807, 2.05) is 36.4 Å². The lowest BCUT2D eigenvalue weighted by Crippen LogP contribution is -2.38. The molecule has 104 valence electrons. The van der Waals surface area contributed by atoms with Crippen molar-refractivity contribution in [1.82, 2.24) is 5.32 Å². The van der Waals surface area contributed by atoms with Crippen LogP contribution >= 0.6 is 0 Å². The summed E-state index contributed by atoms with van der Waals surface area (Å²) in [4.78, 5) is 11.7. The number of hydrogen-bond donors (Lipinski definition) is 2. The number of ether oxygens (including phenoxy) is 1. The van der Waals surface area contributed by atoms with Gasteiger partial charge in [0, 0.05) is 0 Å². The average molecular weight is 271 g/mol. The van der Waals surface area contributed by atoms with Crippen molar-refractivity contribution >= 4 is 6.09 Å². The molecule has 4 nitrogen and oxygen atoms in total. The van der Waals surface area contributed by atoms with Crippen molar-refractivity contribution < 1.29 is 14.6 Å². The first-order valence-electron chi connectivity index (χ1n) is 6.43. The minimum Gasteiger partial charge on any atom is -0.410 e. The quantitative estimate of drug-likeness (QED) is 0.899. The van der Waals surface area contributed by atoms with Crippen LogP contribution in [0.15, 0.2) is 60.7 Å². The summed E-state index contributed by atoms with van der Waals surface area (Å²) < 4.78 is 5.11. The van der Waals surface area contributed by atoms with Gasteiger partial charge in [0.25, 0.3) is 0 Å². The summed E-state index contributed by atoms with van der Waals surface area (Å²) in [7, 11) is 0. The highest BCUT2D eigenvalue weighted by molar-refractivity contribution is 5.70. The van der Waals surface area contributed by atoms with Gasteiger partial charge in [-0.2, -0.15) is 0 Å². The molecule has 0 saturated heterocycles. The molecule has 0 fully saturated rings. The Morgan fingerprint density at radius 1 is 1.05 bits per heavy atom. The largest absolute Gasteiger partial charge is 0.412 e. The number of carbonyl (C=O) groups is 1. The van der Waals surface area contributed by atoms with Crippen molar-refractivity contribution in [3.8, 4) is 5.75 Å². The molecule has 1 amide bonds. The first kappa shape index (κ1) is 14.1. The summed E-state index contributed by atoms with van der Waals surface area (Å²) in [6.07, 6.45) is -1.36. The van der Waals surface area contributed by atoms with Gasteiger partial charge < -0.3 is 15.2 Å². The second kappa shape index (κ2) is 6.73. The standard InChI is InChI=1S/C16H17NO3/c1-12(15(18)13-8-4-2-5-9-13)17-16(19)20-14-10-6-3-7-11-14/h2-12,15,18H,1H3,(H,17,19)/t12-,15+/m0/s1. The van der Waals surface area contributed by atoms with E-state index < -0.39 is 18.2 Å². The van der Waals surface area contributed by atoms with Gasteiger partial charge in [-0.15, -0.1) is 0 Å². The fourth-order valence-electron chi connectivity index (χ4n) is 1.83. The van der Waals surface area contributed by atoms with Crippen LogP contribution in [0.25, 0.3) is 0 Å². The molecule has 4 heteroatoms. The summed E-state index contributed by atoms with van der Waals surface area (Å²) in [5.74, 6) is 0.464. The van der Waals surface area contributed by atoms with Gasteiger partial charge in [0.15, 0.2) is 0 Å². The SMILES string of the molecule is C[C@H](NC(=O)Oc1ccccc1)[C@@H](O)c1ccccc1. The van der Waals surface area contributed by atoms with E-state index in [-0.39, 0.29) is 0 Å². The second-order valence-corrected chi connectivity index (χ2v) is 4.49. The van der Waals surface area contributed by atoms with Crippen molar-refractivity contribution in [3.63, 3.8) is 0 Å². The number of aliphatic hydroxyl groups excluding tert-OH is 1. The molecule has 0 saturated carbocycles. The van der Waals surface area contributed by atoms with E-state index in [4.69, 9.17) is 4.74 Å². The third-order valence-electron chi connectivity index (χ3n) is 2.91. The predicted molar refractivity (Wildman–Crippen MR) is 76.5 cm³/mol. The number of aliphatic hydroxyl groups is 1. The molecule has 0 aliphatic carbocycles. The molecule has 0 unspecified atom stereocenters. The van der Waals surface area contributed by atoms with Crippen LogP contribution < -0.4 is 10.1 Å². The summed E-state index contributed by atoms with van der Waals surface area (Å²) in [5.41, 5.74) is 0.750. The van der Waals surface area contributed by atoms with Crippen LogP contribution in [0.3, 0.4) is 0 Å². The molecule has 2 atom stereocenters. The summed E-state index contributed by atoms with van der Waals surface area (Å²) >= 11 is 0. The Morgan fingerprint density at radius 3 is 2.20 bits per heavy atom. The third kappa shape index (κ3) is 3.83. The Labute approximate surface area is 118 Å². The molecule has 0 heterocycles. The lowest BCUT2D eigenvalue weighted by atomic mass is 10.0. The van der Waals surface area contributed by atoms with Gasteiger partial charge in [0.05, 0.1) is 12.1 Å². The van der Waals surface area contributed by atoms with Crippen LogP contribution in [0.4, 0.5) is 4.79 Å². The molecule has 2 rings (SSSR count). The smallest absolute Gasteiger partial charge is 0.410 e. The van der Waals surface area contributed by atoms with Crippen LogP contribution in [-0.2, 0) is 0 Å². The van der Waals surface area contributed by atoms with E-state index in [1.165, 1.54) is 0 Å². The number of hydrogen-bond acceptors (Lipinski definition) is 3. The first-order chi connectivity index (χ1) is 9.66. The molecule has 0 bridgehead atoms. The highest BCUT2D eigenvalue weighted by Gasteiger charge is 2.18. The summed E-state index contributed by atoms with van der Waals surface area (Å²) in [5, 5.41) is 12.7. The van der Waals surface area contributed by atoms with Crippen LogP contribution in [0.2, 0.25) is 0 Å². The van der Waals surface area contributed by atoms with Gasteiger partial charge in [0.2, 0.25) is 0 Å². The number of nitrogens with one attached hydrogen (secondary N) is 1. The molecule has 0 aliphatic heterocycles. The molecule has 0 radical (unpaired) electrons.